The number of rotatable bonds is 1. The molecule has 0 atom stereocenters. The molecule has 0 spiro atoms. The maximum Gasteiger partial charge on any atom is 0.148 e. The van der Waals surface area contributed by atoms with Crippen molar-refractivity contribution in [2.75, 3.05) is 0 Å². The average molecular weight is 246 g/mol. The lowest BCUT2D eigenvalue weighted by Gasteiger charge is -2.22. The average Bonchev–Trinajstić information content (AvgIpc) is 2.63. The molecule has 1 aromatic carbocycles. The van der Waals surface area contributed by atoms with E-state index in [1.807, 2.05) is 6.92 Å². The maximum absolute atomic E-state index is 4.24. The molecule has 0 N–H and O–H groups in total. The van der Waals surface area contributed by atoms with E-state index < -0.39 is 0 Å². The topological polar surface area (TPSA) is 25.8 Å². The van der Waals surface area contributed by atoms with Crippen molar-refractivity contribution in [1.82, 2.24) is 10.2 Å². The van der Waals surface area contributed by atoms with Gasteiger partial charge in [-0.1, -0.05) is 50.3 Å². The monoisotopic (exact) mass is 246 g/mol. The third kappa shape index (κ3) is 2.39. The lowest BCUT2D eigenvalue weighted by atomic mass is 9.83. The molecule has 3 heteroatoms. The summed E-state index contributed by atoms with van der Waals surface area (Å²) in [5.41, 5.74) is 4.07. The summed E-state index contributed by atoms with van der Waals surface area (Å²) in [6.07, 6.45) is 0. The second-order valence-corrected chi connectivity index (χ2v) is 6.54. The summed E-state index contributed by atoms with van der Waals surface area (Å²) < 4.78 is 0. The van der Waals surface area contributed by atoms with Crippen molar-refractivity contribution >= 4 is 11.3 Å². The van der Waals surface area contributed by atoms with Gasteiger partial charge in [-0.15, -0.1) is 10.2 Å². The highest BCUT2D eigenvalue weighted by atomic mass is 32.1. The van der Waals surface area contributed by atoms with Crippen molar-refractivity contribution in [2.45, 2.75) is 40.0 Å². The van der Waals surface area contributed by atoms with Gasteiger partial charge >= 0.3 is 0 Å². The molecule has 0 aliphatic carbocycles. The Morgan fingerprint density at radius 2 is 1.76 bits per heavy atom. The molecule has 0 aliphatic rings. The van der Waals surface area contributed by atoms with Crippen LogP contribution in [0.15, 0.2) is 18.2 Å². The van der Waals surface area contributed by atoms with Crippen LogP contribution in [0.4, 0.5) is 0 Å². The van der Waals surface area contributed by atoms with Crippen LogP contribution in [0.3, 0.4) is 0 Å². The molecule has 0 unspecified atom stereocenters. The molecular formula is C14H18N2S. The van der Waals surface area contributed by atoms with E-state index in [1.54, 1.807) is 11.3 Å². The summed E-state index contributed by atoms with van der Waals surface area (Å²) in [6, 6.07) is 6.44. The fourth-order valence-corrected chi connectivity index (χ4v) is 2.86. The van der Waals surface area contributed by atoms with E-state index in [2.05, 4.69) is 56.1 Å². The van der Waals surface area contributed by atoms with Crippen LogP contribution in [0.2, 0.25) is 0 Å². The van der Waals surface area contributed by atoms with Gasteiger partial charge in [-0.2, -0.15) is 0 Å². The summed E-state index contributed by atoms with van der Waals surface area (Å²) in [7, 11) is 0. The fraction of sp³-hybridized carbons (Fsp3) is 0.429. The van der Waals surface area contributed by atoms with E-state index in [0.29, 0.717) is 0 Å². The van der Waals surface area contributed by atoms with Crippen molar-refractivity contribution in [3.8, 4) is 10.6 Å². The summed E-state index contributed by atoms with van der Waals surface area (Å²) in [4.78, 5) is 0. The molecule has 2 nitrogen and oxygen atoms in total. The Balaban J connectivity index is 2.57. The third-order valence-corrected chi connectivity index (χ3v) is 3.77. The minimum absolute atomic E-state index is 0.166. The zero-order valence-electron chi connectivity index (χ0n) is 11.0. The minimum Gasteiger partial charge on any atom is -0.143 e. The Hall–Kier alpha value is -1.22. The molecule has 0 aliphatic heterocycles. The first-order valence-corrected chi connectivity index (χ1v) is 6.62. The van der Waals surface area contributed by atoms with Crippen LogP contribution in [-0.4, -0.2) is 10.2 Å². The van der Waals surface area contributed by atoms with E-state index in [0.717, 1.165) is 10.0 Å². The van der Waals surface area contributed by atoms with E-state index in [4.69, 9.17) is 0 Å². The van der Waals surface area contributed by atoms with Crippen molar-refractivity contribution in [2.24, 2.45) is 0 Å². The smallest absolute Gasteiger partial charge is 0.143 e. The highest BCUT2D eigenvalue weighted by Crippen LogP contribution is 2.33. The number of hydrogen-bond donors (Lipinski definition) is 0. The highest BCUT2D eigenvalue weighted by molar-refractivity contribution is 7.14. The molecular weight excluding hydrogens is 228 g/mol. The lowest BCUT2D eigenvalue weighted by Crippen LogP contribution is -2.13. The fourth-order valence-electron chi connectivity index (χ4n) is 2.09. The second-order valence-electron chi connectivity index (χ2n) is 5.35. The first kappa shape index (κ1) is 12.2. The molecule has 0 fully saturated rings. The number of benzene rings is 1. The van der Waals surface area contributed by atoms with Gasteiger partial charge in [0, 0.05) is 5.56 Å². The first-order chi connectivity index (χ1) is 7.89. The van der Waals surface area contributed by atoms with Gasteiger partial charge < -0.3 is 0 Å². The Labute approximate surface area is 107 Å². The van der Waals surface area contributed by atoms with Crippen molar-refractivity contribution < 1.29 is 0 Å². The van der Waals surface area contributed by atoms with Gasteiger partial charge in [0.15, 0.2) is 0 Å². The van der Waals surface area contributed by atoms with Crippen molar-refractivity contribution in [3.05, 3.63) is 34.3 Å². The standard InChI is InChI=1S/C14H18N2S/c1-9-11(13-16-15-10(2)17-13)7-6-8-12(9)14(3,4)5/h6-8H,1-5H3. The van der Waals surface area contributed by atoms with Gasteiger partial charge in [0.2, 0.25) is 0 Å². The van der Waals surface area contributed by atoms with Crippen LogP contribution in [0.5, 0.6) is 0 Å². The molecule has 0 amide bonds. The molecule has 0 radical (unpaired) electrons. The number of hydrogen-bond acceptors (Lipinski definition) is 3. The predicted octanol–water partition coefficient (Wildman–Crippen LogP) is 4.12. The van der Waals surface area contributed by atoms with Gasteiger partial charge in [0.1, 0.15) is 10.0 Å². The Bertz CT molecular complexity index is 535. The summed E-state index contributed by atoms with van der Waals surface area (Å²) in [6.45, 7) is 10.9. The van der Waals surface area contributed by atoms with Crippen LogP contribution < -0.4 is 0 Å². The maximum atomic E-state index is 4.24. The van der Waals surface area contributed by atoms with Crippen LogP contribution in [0, 0.1) is 13.8 Å². The second kappa shape index (κ2) is 4.22. The Morgan fingerprint density at radius 1 is 1.06 bits per heavy atom. The number of nitrogens with zero attached hydrogens (tertiary/aromatic N) is 2. The quantitative estimate of drug-likeness (QED) is 0.756. The van der Waals surface area contributed by atoms with Gasteiger partial charge in [0.05, 0.1) is 0 Å². The minimum atomic E-state index is 0.166. The Morgan fingerprint density at radius 3 is 2.29 bits per heavy atom. The van der Waals surface area contributed by atoms with E-state index in [9.17, 15) is 0 Å². The Kier molecular flexibility index (Phi) is 3.04. The third-order valence-electron chi connectivity index (χ3n) is 2.90. The molecule has 90 valence electrons. The van der Waals surface area contributed by atoms with E-state index in [1.165, 1.54) is 16.7 Å². The van der Waals surface area contributed by atoms with Crippen LogP contribution in [0.1, 0.15) is 36.9 Å². The van der Waals surface area contributed by atoms with Crippen LogP contribution >= 0.6 is 11.3 Å². The molecule has 0 bridgehead atoms. The van der Waals surface area contributed by atoms with Gasteiger partial charge in [0.25, 0.3) is 0 Å². The van der Waals surface area contributed by atoms with Gasteiger partial charge in [-0.05, 0) is 30.4 Å². The first-order valence-electron chi connectivity index (χ1n) is 5.80. The molecule has 1 aromatic heterocycles. The van der Waals surface area contributed by atoms with E-state index in [-0.39, 0.29) is 5.41 Å². The van der Waals surface area contributed by atoms with Crippen LogP contribution in [0.25, 0.3) is 10.6 Å². The number of aryl methyl sites for hydroxylation is 1. The molecule has 1 heterocycles. The summed E-state index contributed by atoms with van der Waals surface area (Å²) in [5.74, 6) is 0. The van der Waals surface area contributed by atoms with E-state index >= 15 is 0 Å². The normalized spacial score (nSPS) is 11.8. The van der Waals surface area contributed by atoms with Crippen LogP contribution in [-0.2, 0) is 5.41 Å². The lowest BCUT2D eigenvalue weighted by molar-refractivity contribution is 0.586. The SMILES string of the molecule is Cc1nnc(-c2cccc(C(C)(C)C)c2C)s1. The number of aromatic nitrogens is 2. The molecule has 0 saturated heterocycles. The zero-order valence-corrected chi connectivity index (χ0v) is 11.9. The molecule has 2 rings (SSSR count). The molecule has 17 heavy (non-hydrogen) atoms. The molecule has 2 aromatic rings. The van der Waals surface area contributed by atoms with Gasteiger partial charge in [-0.3, -0.25) is 0 Å². The van der Waals surface area contributed by atoms with Crippen molar-refractivity contribution in [3.63, 3.8) is 0 Å². The zero-order chi connectivity index (χ0) is 12.6. The van der Waals surface area contributed by atoms with Crippen molar-refractivity contribution in [1.29, 1.82) is 0 Å². The molecule has 0 saturated carbocycles. The van der Waals surface area contributed by atoms with Gasteiger partial charge in [-0.25, -0.2) is 0 Å². The highest BCUT2D eigenvalue weighted by Gasteiger charge is 2.19. The summed E-state index contributed by atoms with van der Waals surface area (Å²) >= 11 is 1.65. The largest absolute Gasteiger partial charge is 0.148 e. The predicted molar refractivity (Wildman–Crippen MR) is 73.5 cm³/mol. The summed E-state index contributed by atoms with van der Waals surface area (Å²) in [5, 5.41) is 10.4.